The van der Waals surface area contributed by atoms with E-state index in [0.29, 0.717) is 17.0 Å². The van der Waals surface area contributed by atoms with Gasteiger partial charge >= 0.3 is 0 Å². The van der Waals surface area contributed by atoms with Gasteiger partial charge in [0.25, 0.3) is 5.91 Å². The van der Waals surface area contributed by atoms with E-state index in [1.165, 1.54) is 17.5 Å². The third kappa shape index (κ3) is 3.26. The van der Waals surface area contributed by atoms with Crippen molar-refractivity contribution in [2.45, 2.75) is 32.3 Å². The number of methoxy groups -OCH3 is 1. The summed E-state index contributed by atoms with van der Waals surface area (Å²) in [6, 6.07) is 17.6. The molecular formula is C25H23NO4. The van der Waals surface area contributed by atoms with Crippen LogP contribution in [0, 0.1) is 0 Å². The Bertz CT molecular complexity index is 1260. The second kappa shape index (κ2) is 7.41. The molecule has 152 valence electrons. The number of anilines is 1. The van der Waals surface area contributed by atoms with E-state index < -0.39 is 6.10 Å². The van der Waals surface area contributed by atoms with E-state index in [4.69, 9.17) is 13.9 Å². The molecule has 1 amide bonds. The van der Waals surface area contributed by atoms with Gasteiger partial charge in [0.1, 0.15) is 22.7 Å². The molecule has 5 nitrogen and oxygen atoms in total. The van der Waals surface area contributed by atoms with Gasteiger partial charge in [-0.1, -0.05) is 24.3 Å². The third-order valence-electron chi connectivity index (χ3n) is 5.71. The summed E-state index contributed by atoms with van der Waals surface area (Å²) in [5.41, 5.74) is 4.74. The smallest absolute Gasteiger partial charge is 0.265 e. The fraction of sp³-hybridized carbons (Fsp3) is 0.240. The number of furan rings is 1. The molecule has 1 aromatic heterocycles. The van der Waals surface area contributed by atoms with Crippen molar-refractivity contribution >= 4 is 33.5 Å². The highest BCUT2D eigenvalue weighted by molar-refractivity contribution is 6.08. The molecule has 0 aliphatic heterocycles. The van der Waals surface area contributed by atoms with Gasteiger partial charge in [0.15, 0.2) is 6.10 Å². The molecule has 5 heteroatoms. The molecule has 0 bridgehead atoms. The van der Waals surface area contributed by atoms with Crippen LogP contribution in [0.4, 0.5) is 5.69 Å². The van der Waals surface area contributed by atoms with Crippen LogP contribution in [-0.2, 0) is 17.6 Å². The highest BCUT2D eigenvalue weighted by atomic mass is 16.5. The Morgan fingerprint density at radius 2 is 1.83 bits per heavy atom. The van der Waals surface area contributed by atoms with Gasteiger partial charge in [-0.2, -0.15) is 0 Å². The molecule has 0 saturated carbocycles. The number of hydrogen-bond donors (Lipinski definition) is 1. The number of benzene rings is 3. The lowest BCUT2D eigenvalue weighted by atomic mass is 10.1. The number of fused-ring (bicyclic) bond motifs is 4. The topological polar surface area (TPSA) is 60.7 Å². The summed E-state index contributed by atoms with van der Waals surface area (Å²) in [6.45, 7) is 1.74. The van der Waals surface area contributed by atoms with Crippen LogP contribution in [0.15, 0.2) is 59.0 Å². The maximum absolute atomic E-state index is 12.8. The van der Waals surface area contributed by atoms with E-state index in [0.717, 1.165) is 34.9 Å². The highest BCUT2D eigenvalue weighted by Crippen LogP contribution is 2.36. The van der Waals surface area contributed by atoms with E-state index >= 15 is 0 Å². The van der Waals surface area contributed by atoms with Crippen molar-refractivity contribution in [2.75, 3.05) is 12.4 Å². The van der Waals surface area contributed by atoms with E-state index in [9.17, 15) is 4.79 Å². The van der Waals surface area contributed by atoms with Gasteiger partial charge in [-0.3, -0.25) is 4.79 Å². The zero-order valence-electron chi connectivity index (χ0n) is 17.0. The predicted molar refractivity (Wildman–Crippen MR) is 117 cm³/mol. The fourth-order valence-electron chi connectivity index (χ4n) is 4.13. The van der Waals surface area contributed by atoms with E-state index in [2.05, 4.69) is 11.4 Å². The lowest BCUT2D eigenvalue weighted by molar-refractivity contribution is -0.122. The molecule has 0 unspecified atom stereocenters. The number of ether oxygens (including phenoxy) is 2. The Balaban J connectivity index is 1.38. The summed E-state index contributed by atoms with van der Waals surface area (Å²) in [5, 5.41) is 4.88. The number of rotatable bonds is 5. The van der Waals surface area contributed by atoms with Gasteiger partial charge in [0.2, 0.25) is 0 Å². The highest BCUT2D eigenvalue weighted by Gasteiger charge is 2.20. The van der Waals surface area contributed by atoms with Crippen LogP contribution < -0.4 is 14.8 Å². The predicted octanol–water partition coefficient (Wildman–Crippen LogP) is 5.49. The Morgan fingerprint density at radius 3 is 2.70 bits per heavy atom. The van der Waals surface area contributed by atoms with Gasteiger partial charge < -0.3 is 19.2 Å². The van der Waals surface area contributed by atoms with E-state index in [1.54, 1.807) is 20.1 Å². The lowest BCUT2D eigenvalue weighted by Crippen LogP contribution is -2.30. The normalized spacial score (nSPS) is 13.9. The standard InChI is InChI=1S/C25H23NO4/c1-15(29-18-11-10-16-6-5-7-17(16)12-18)25(27)26-21-14-23-20(13-24(21)28-2)19-8-3-4-9-22(19)30-23/h3-4,8-15H,5-7H2,1-2H3,(H,26,27)/t15-/m1/s1. The minimum absolute atomic E-state index is 0.246. The molecule has 0 fully saturated rings. The third-order valence-corrected chi connectivity index (χ3v) is 5.71. The first kappa shape index (κ1) is 18.6. The minimum Gasteiger partial charge on any atom is -0.495 e. The van der Waals surface area contributed by atoms with Crippen molar-refractivity contribution in [1.82, 2.24) is 0 Å². The maximum atomic E-state index is 12.8. The monoisotopic (exact) mass is 401 g/mol. The summed E-state index contributed by atoms with van der Waals surface area (Å²) >= 11 is 0. The van der Waals surface area contributed by atoms with Gasteiger partial charge in [0, 0.05) is 16.8 Å². The minimum atomic E-state index is -0.652. The summed E-state index contributed by atoms with van der Waals surface area (Å²) in [6.07, 6.45) is 2.72. The SMILES string of the molecule is COc1cc2c(cc1NC(=O)[C@@H](C)Oc1ccc3c(c1)CCC3)oc1ccccc12. The largest absolute Gasteiger partial charge is 0.495 e. The van der Waals surface area contributed by atoms with Crippen LogP contribution in [0.25, 0.3) is 21.9 Å². The number of carbonyl (C=O) groups excluding carboxylic acids is 1. The molecule has 0 spiro atoms. The summed E-state index contributed by atoms with van der Waals surface area (Å²) in [5.74, 6) is 1.05. The molecule has 4 aromatic rings. The Hall–Kier alpha value is -3.47. The molecular weight excluding hydrogens is 378 g/mol. The number of para-hydroxylation sites is 1. The lowest BCUT2D eigenvalue weighted by Gasteiger charge is -2.17. The van der Waals surface area contributed by atoms with Crippen molar-refractivity contribution < 1.29 is 18.7 Å². The molecule has 1 heterocycles. The molecule has 1 aliphatic rings. The summed E-state index contributed by atoms with van der Waals surface area (Å²) < 4.78 is 17.4. The van der Waals surface area contributed by atoms with Crippen molar-refractivity contribution in [1.29, 1.82) is 0 Å². The first-order valence-electron chi connectivity index (χ1n) is 10.2. The van der Waals surface area contributed by atoms with Crippen LogP contribution in [0.3, 0.4) is 0 Å². The number of aryl methyl sites for hydroxylation is 2. The average molecular weight is 401 g/mol. The first-order valence-corrected chi connectivity index (χ1v) is 10.2. The van der Waals surface area contributed by atoms with E-state index in [1.807, 2.05) is 42.5 Å². The maximum Gasteiger partial charge on any atom is 0.265 e. The number of hydrogen-bond acceptors (Lipinski definition) is 4. The quantitative estimate of drug-likeness (QED) is 0.480. The Morgan fingerprint density at radius 1 is 1.00 bits per heavy atom. The zero-order valence-corrected chi connectivity index (χ0v) is 17.0. The number of amides is 1. The Kier molecular flexibility index (Phi) is 4.58. The fourth-order valence-corrected chi connectivity index (χ4v) is 4.13. The van der Waals surface area contributed by atoms with Crippen molar-refractivity contribution in [3.63, 3.8) is 0 Å². The van der Waals surface area contributed by atoms with Crippen molar-refractivity contribution in [3.05, 3.63) is 65.7 Å². The number of carbonyl (C=O) groups is 1. The van der Waals surface area contributed by atoms with Crippen LogP contribution in [0.1, 0.15) is 24.5 Å². The second-order valence-corrected chi connectivity index (χ2v) is 7.68. The number of nitrogens with one attached hydrogen (secondary N) is 1. The van der Waals surface area contributed by atoms with Gasteiger partial charge in [-0.05, 0) is 61.6 Å². The van der Waals surface area contributed by atoms with Crippen molar-refractivity contribution in [3.8, 4) is 11.5 Å². The molecule has 3 aromatic carbocycles. The van der Waals surface area contributed by atoms with Crippen LogP contribution >= 0.6 is 0 Å². The molecule has 30 heavy (non-hydrogen) atoms. The second-order valence-electron chi connectivity index (χ2n) is 7.68. The van der Waals surface area contributed by atoms with Crippen molar-refractivity contribution in [2.24, 2.45) is 0 Å². The van der Waals surface area contributed by atoms with Gasteiger partial charge in [-0.15, -0.1) is 0 Å². The summed E-state index contributed by atoms with van der Waals surface area (Å²) in [4.78, 5) is 12.8. The zero-order chi connectivity index (χ0) is 20.7. The molecule has 5 rings (SSSR count). The first-order chi connectivity index (χ1) is 14.6. The molecule has 1 atom stereocenters. The molecule has 0 saturated heterocycles. The van der Waals surface area contributed by atoms with Crippen LogP contribution in [0.5, 0.6) is 11.5 Å². The van der Waals surface area contributed by atoms with Crippen LogP contribution in [0.2, 0.25) is 0 Å². The average Bonchev–Trinajstić information content (AvgIpc) is 3.36. The van der Waals surface area contributed by atoms with E-state index in [-0.39, 0.29) is 5.91 Å². The molecule has 0 radical (unpaired) electrons. The van der Waals surface area contributed by atoms with Crippen LogP contribution in [-0.4, -0.2) is 19.1 Å². The molecule has 1 aliphatic carbocycles. The Labute approximate surface area is 174 Å². The molecule has 1 N–H and O–H groups in total. The van der Waals surface area contributed by atoms with Gasteiger partial charge in [-0.25, -0.2) is 0 Å². The van der Waals surface area contributed by atoms with Gasteiger partial charge in [0.05, 0.1) is 12.8 Å². The summed E-state index contributed by atoms with van der Waals surface area (Å²) in [7, 11) is 1.59.